The van der Waals surface area contributed by atoms with Crippen molar-refractivity contribution in [2.24, 2.45) is 5.92 Å². The molecule has 156 valence electrons. The normalized spacial score (nSPS) is 28.1. The Balaban J connectivity index is 1.39. The fourth-order valence-electron chi connectivity index (χ4n) is 4.96. The number of pyridine rings is 1. The third-order valence-electron chi connectivity index (χ3n) is 6.79. The Morgan fingerprint density at radius 2 is 1.83 bits per heavy atom. The first-order valence-corrected chi connectivity index (χ1v) is 10.5. The minimum absolute atomic E-state index is 0.0729. The lowest BCUT2D eigenvalue weighted by Crippen LogP contribution is -2.64. The monoisotopic (exact) mass is 406 g/mol. The first-order valence-electron chi connectivity index (χ1n) is 10.5. The zero-order valence-electron chi connectivity index (χ0n) is 17.3. The van der Waals surface area contributed by atoms with Gasteiger partial charge in [-0.05, 0) is 30.7 Å². The van der Waals surface area contributed by atoms with Crippen LogP contribution in [0, 0.1) is 5.92 Å². The van der Waals surface area contributed by atoms with Crippen LogP contribution in [0.4, 0.5) is 5.82 Å². The third-order valence-corrected chi connectivity index (χ3v) is 6.79. The van der Waals surface area contributed by atoms with E-state index in [0.29, 0.717) is 32.6 Å². The predicted octanol–water partition coefficient (Wildman–Crippen LogP) is 2.10. The SMILES string of the molecule is CN1C(=O)[C@@H](C(=O)N2CCN(c3ccccn3)CC2)[C@@H]2C[C@]1(C)Oc1ccccc12. The number of hydrogen-bond donors (Lipinski definition) is 0. The molecule has 30 heavy (non-hydrogen) atoms. The number of amides is 2. The number of hydrogen-bond acceptors (Lipinski definition) is 5. The summed E-state index contributed by atoms with van der Waals surface area (Å²) in [6, 6.07) is 13.6. The highest BCUT2D eigenvalue weighted by molar-refractivity contribution is 6.02. The van der Waals surface area contributed by atoms with E-state index in [9.17, 15) is 9.59 Å². The Labute approximate surface area is 176 Å². The molecule has 0 saturated carbocycles. The van der Waals surface area contributed by atoms with Crippen molar-refractivity contribution in [1.29, 1.82) is 0 Å². The Hall–Kier alpha value is -3.09. The first kappa shape index (κ1) is 18.9. The second-order valence-electron chi connectivity index (χ2n) is 8.50. The van der Waals surface area contributed by atoms with Gasteiger partial charge in [-0.3, -0.25) is 9.59 Å². The van der Waals surface area contributed by atoms with Gasteiger partial charge in [0.15, 0.2) is 5.72 Å². The van der Waals surface area contributed by atoms with Gasteiger partial charge in [-0.25, -0.2) is 4.98 Å². The summed E-state index contributed by atoms with van der Waals surface area (Å²) in [4.78, 5) is 36.9. The molecular weight excluding hydrogens is 380 g/mol. The molecule has 0 spiro atoms. The smallest absolute Gasteiger partial charge is 0.238 e. The van der Waals surface area contributed by atoms with Crippen LogP contribution in [0.25, 0.3) is 0 Å². The van der Waals surface area contributed by atoms with Gasteiger partial charge in [0.25, 0.3) is 0 Å². The van der Waals surface area contributed by atoms with E-state index in [1.54, 1.807) is 18.1 Å². The topological polar surface area (TPSA) is 66.0 Å². The van der Waals surface area contributed by atoms with Crippen molar-refractivity contribution in [3.63, 3.8) is 0 Å². The molecule has 7 nitrogen and oxygen atoms in total. The van der Waals surface area contributed by atoms with Crippen LogP contribution in [0.2, 0.25) is 0 Å². The van der Waals surface area contributed by atoms with Gasteiger partial charge in [0, 0.05) is 51.8 Å². The Morgan fingerprint density at radius 1 is 1.10 bits per heavy atom. The van der Waals surface area contributed by atoms with Crippen LogP contribution in [-0.2, 0) is 9.59 Å². The summed E-state index contributed by atoms with van der Waals surface area (Å²) in [5.41, 5.74) is 0.242. The molecular formula is C23H26N4O3. The second-order valence-corrected chi connectivity index (χ2v) is 8.50. The largest absolute Gasteiger partial charge is 0.468 e. The van der Waals surface area contributed by atoms with Crippen LogP contribution in [0.15, 0.2) is 48.7 Å². The maximum Gasteiger partial charge on any atom is 0.238 e. The summed E-state index contributed by atoms with van der Waals surface area (Å²) in [6.45, 7) is 4.53. The minimum Gasteiger partial charge on any atom is -0.468 e. The van der Waals surface area contributed by atoms with Gasteiger partial charge in [0.1, 0.15) is 17.5 Å². The van der Waals surface area contributed by atoms with Gasteiger partial charge in [0.05, 0.1) is 0 Å². The van der Waals surface area contributed by atoms with E-state index in [4.69, 9.17) is 4.74 Å². The van der Waals surface area contributed by atoms with Crippen LogP contribution in [0.1, 0.15) is 24.8 Å². The number of rotatable bonds is 2. The van der Waals surface area contributed by atoms with E-state index in [1.807, 2.05) is 54.3 Å². The maximum atomic E-state index is 13.6. The molecule has 1 aromatic heterocycles. The molecule has 0 N–H and O–H groups in total. The average molecular weight is 406 g/mol. The Kier molecular flexibility index (Phi) is 4.41. The number of aromatic nitrogens is 1. The molecule has 2 bridgehead atoms. The van der Waals surface area contributed by atoms with Crippen molar-refractivity contribution >= 4 is 17.6 Å². The molecule has 7 heteroatoms. The van der Waals surface area contributed by atoms with Gasteiger partial charge in [-0.15, -0.1) is 0 Å². The molecule has 4 heterocycles. The summed E-state index contributed by atoms with van der Waals surface area (Å²) in [7, 11) is 1.74. The van der Waals surface area contributed by atoms with Gasteiger partial charge >= 0.3 is 0 Å². The van der Waals surface area contributed by atoms with Crippen LogP contribution < -0.4 is 9.64 Å². The lowest BCUT2D eigenvalue weighted by Gasteiger charge is -2.52. The van der Waals surface area contributed by atoms with E-state index in [1.165, 1.54) is 0 Å². The zero-order valence-corrected chi connectivity index (χ0v) is 17.3. The van der Waals surface area contributed by atoms with E-state index >= 15 is 0 Å². The Morgan fingerprint density at radius 3 is 2.57 bits per heavy atom. The first-order chi connectivity index (χ1) is 14.5. The van der Waals surface area contributed by atoms with Crippen molar-refractivity contribution in [3.05, 3.63) is 54.2 Å². The number of piperazine rings is 1. The van der Waals surface area contributed by atoms with E-state index in [0.717, 1.165) is 17.1 Å². The van der Waals surface area contributed by atoms with E-state index < -0.39 is 11.6 Å². The standard InChI is InChI=1S/C23H26N4O3/c1-23-15-17(16-7-3-4-8-18(16)30-23)20(21(28)25(23)2)22(29)27-13-11-26(12-14-27)19-9-5-6-10-24-19/h3-10,17,20H,11-15H2,1-2H3/t17-,20+,23+/m1/s1. The van der Waals surface area contributed by atoms with Crippen LogP contribution in [0.3, 0.4) is 0 Å². The average Bonchev–Trinajstić information content (AvgIpc) is 2.78. The number of para-hydroxylation sites is 1. The fourth-order valence-corrected chi connectivity index (χ4v) is 4.96. The van der Waals surface area contributed by atoms with Gasteiger partial charge in [0.2, 0.25) is 11.8 Å². The second kappa shape index (κ2) is 7.00. The highest BCUT2D eigenvalue weighted by Crippen LogP contribution is 2.50. The van der Waals surface area contributed by atoms with Crippen LogP contribution in [0.5, 0.6) is 5.75 Å². The summed E-state index contributed by atoms with van der Waals surface area (Å²) in [6.07, 6.45) is 2.40. The van der Waals surface area contributed by atoms with Crippen molar-refractivity contribution in [3.8, 4) is 5.75 Å². The Bertz CT molecular complexity index is 973. The maximum absolute atomic E-state index is 13.6. The summed E-state index contributed by atoms with van der Waals surface area (Å²) in [5, 5.41) is 0. The van der Waals surface area contributed by atoms with E-state index in [-0.39, 0.29) is 17.7 Å². The summed E-state index contributed by atoms with van der Waals surface area (Å²) in [5.74, 6) is 0.608. The molecule has 2 amide bonds. The molecule has 0 aliphatic carbocycles. The zero-order chi connectivity index (χ0) is 20.9. The molecule has 0 unspecified atom stereocenters. The summed E-state index contributed by atoms with van der Waals surface area (Å²) >= 11 is 0. The van der Waals surface area contributed by atoms with Crippen molar-refractivity contribution in [1.82, 2.24) is 14.8 Å². The number of ether oxygens (including phenoxy) is 1. The number of likely N-dealkylation sites (tertiary alicyclic amines) is 1. The van der Waals surface area contributed by atoms with Crippen molar-refractivity contribution in [2.75, 3.05) is 38.1 Å². The molecule has 2 saturated heterocycles. The summed E-state index contributed by atoms with van der Waals surface area (Å²) < 4.78 is 6.18. The molecule has 3 atom stereocenters. The number of anilines is 1. The molecule has 2 aromatic rings. The number of carbonyl (C=O) groups excluding carboxylic acids is 2. The molecule has 5 rings (SSSR count). The number of piperidine rings is 1. The minimum atomic E-state index is -0.718. The lowest BCUT2D eigenvalue weighted by atomic mass is 9.73. The van der Waals surface area contributed by atoms with Gasteiger partial charge in [-0.1, -0.05) is 24.3 Å². The van der Waals surface area contributed by atoms with Crippen molar-refractivity contribution in [2.45, 2.75) is 25.0 Å². The molecule has 3 aliphatic heterocycles. The third kappa shape index (κ3) is 2.91. The molecule has 0 radical (unpaired) electrons. The fraction of sp³-hybridized carbons (Fsp3) is 0.435. The van der Waals surface area contributed by atoms with Gasteiger partial charge < -0.3 is 19.4 Å². The highest BCUT2D eigenvalue weighted by atomic mass is 16.5. The highest BCUT2D eigenvalue weighted by Gasteiger charge is 2.55. The number of benzene rings is 1. The van der Waals surface area contributed by atoms with Crippen molar-refractivity contribution < 1.29 is 14.3 Å². The van der Waals surface area contributed by atoms with Crippen LogP contribution in [-0.4, -0.2) is 65.5 Å². The quantitative estimate of drug-likeness (QED) is 0.715. The molecule has 3 aliphatic rings. The number of carbonyl (C=O) groups is 2. The number of fused-ring (bicyclic) bond motifs is 4. The number of nitrogens with zero attached hydrogens (tertiary/aromatic N) is 4. The predicted molar refractivity (Wildman–Crippen MR) is 112 cm³/mol. The van der Waals surface area contributed by atoms with E-state index in [2.05, 4.69) is 9.88 Å². The molecule has 1 aromatic carbocycles. The van der Waals surface area contributed by atoms with Crippen LogP contribution >= 0.6 is 0 Å². The molecule has 2 fully saturated rings. The lowest BCUT2D eigenvalue weighted by molar-refractivity contribution is -0.174. The van der Waals surface area contributed by atoms with Gasteiger partial charge in [-0.2, -0.15) is 0 Å².